The molecular formula is C14H17FN2O3. The van der Waals surface area contributed by atoms with E-state index < -0.39 is 17.8 Å². The van der Waals surface area contributed by atoms with Crippen molar-refractivity contribution in [2.75, 3.05) is 5.32 Å². The minimum atomic E-state index is -1.29. The number of benzene rings is 1. The van der Waals surface area contributed by atoms with Gasteiger partial charge in [0.1, 0.15) is 5.82 Å². The molecule has 1 fully saturated rings. The molecular weight excluding hydrogens is 263 g/mol. The molecule has 3 N–H and O–H groups in total. The minimum absolute atomic E-state index is 0.0815. The van der Waals surface area contributed by atoms with Crippen LogP contribution in [0, 0.1) is 5.82 Å². The van der Waals surface area contributed by atoms with Crippen LogP contribution in [0.3, 0.4) is 0 Å². The summed E-state index contributed by atoms with van der Waals surface area (Å²) in [5.74, 6) is -1.94. The quantitative estimate of drug-likeness (QED) is 0.796. The molecule has 2 rings (SSSR count). The molecule has 0 bridgehead atoms. The topological polar surface area (TPSA) is 78.4 Å². The van der Waals surface area contributed by atoms with Crippen LogP contribution in [-0.2, 0) is 0 Å². The third-order valence-corrected chi connectivity index (χ3v) is 3.58. The molecule has 1 saturated carbocycles. The zero-order valence-electron chi connectivity index (χ0n) is 11.2. The van der Waals surface area contributed by atoms with Gasteiger partial charge in [0, 0.05) is 5.54 Å². The van der Waals surface area contributed by atoms with Gasteiger partial charge in [-0.3, -0.25) is 0 Å². The molecule has 5 nitrogen and oxygen atoms in total. The van der Waals surface area contributed by atoms with Gasteiger partial charge in [-0.1, -0.05) is 12.8 Å². The van der Waals surface area contributed by atoms with Crippen molar-refractivity contribution < 1.29 is 19.1 Å². The third kappa shape index (κ3) is 3.26. The van der Waals surface area contributed by atoms with Crippen molar-refractivity contribution in [3.05, 3.63) is 29.6 Å². The summed E-state index contributed by atoms with van der Waals surface area (Å²) in [6.45, 7) is 1.96. The molecule has 20 heavy (non-hydrogen) atoms. The molecule has 0 spiro atoms. The van der Waals surface area contributed by atoms with Crippen LogP contribution >= 0.6 is 0 Å². The van der Waals surface area contributed by atoms with Crippen molar-refractivity contribution in [2.45, 2.75) is 38.1 Å². The van der Waals surface area contributed by atoms with Crippen LogP contribution < -0.4 is 10.6 Å². The molecule has 0 aliphatic heterocycles. The van der Waals surface area contributed by atoms with Crippen molar-refractivity contribution in [3.8, 4) is 0 Å². The first-order chi connectivity index (χ1) is 9.39. The number of hydrogen-bond donors (Lipinski definition) is 3. The fourth-order valence-corrected chi connectivity index (χ4v) is 2.51. The lowest BCUT2D eigenvalue weighted by Gasteiger charge is -2.25. The van der Waals surface area contributed by atoms with Crippen LogP contribution in [0.15, 0.2) is 18.2 Å². The van der Waals surface area contributed by atoms with E-state index in [9.17, 15) is 14.0 Å². The standard InChI is InChI=1S/C14H17FN2O3/c1-14(6-2-3-7-14)17-13(20)16-11-5-4-9(15)8-10(11)12(18)19/h4-5,8H,2-3,6-7H2,1H3,(H,18,19)(H2,16,17,20). The Labute approximate surface area is 116 Å². The van der Waals surface area contributed by atoms with Gasteiger partial charge in [0.15, 0.2) is 0 Å². The molecule has 2 amide bonds. The summed E-state index contributed by atoms with van der Waals surface area (Å²) in [5, 5.41) is 14.3. The number of hydrogen-bond acceptors (Lipinski definition) is 2. The summed E-state index contributed by atoms with van der Waals surface area (Å²) in [5.41, 5.74) is -0.442. The molecule has 6 heteroatoms. The molecule has 1 aromatic carbocycles. The number of nitrogens with one attached hydrogen (secondary N) is 2. The highest BCUT2D eigenvalue weighted by Gasteiger charge is 2.30. The number of carboxylic acid groups (broad SMARTS) is 1. The third-order valence-electron chi connectivity index (χ3n) is 3.58. The molecule has 1 aromatic rings. The summed E-state index contributed by atoms with van der Waals surface area (Å²) in [6.07, 6.45) is 3.92. The van der Waals surface area contributed by atoms with E-state index in [0.29, 0.717) is 0 Å². The number of carboxylic acids is 1. The van der Waals surface area contributed by atoms with Crippen molar-refractivity contribution in [1.29, 1.82) is 0 Å². The summed E-state index contributed by atoms with van der Waals surface area (Å²) >= 11 is 0. The first-order valence-corrected chi connectivity index (χ1v) is 6.52. The Hall–Kier alpha value is -2.11. The lowest BCUT2D eigenvalue weighted by molar-refractivity contribution is 0.0697. The molecule has 0 radical (unpaired) electrons. The average Bonchev–Trinajstić information content (AvgIpc) is 2.77. The van der Waals surface area contributed by atoms with E-state index in [1.165, 1.54) is 6.07 Å². The molecule has 0 atom stereocenters. The zero-order valence-corrected chi connectivity index (χ0v) is 11.2. The van der Waals surface area contributed by atoms with Gasteiger partial charge in [-0.15, -0.1) is 0 Å². The van der Waals surface area contributed by atoms with E-state index in [0.717, 1.165) is 37.8 Å². The second kappa shape index (κ2) is 5.48. The van der Waals surface area contributed by atoms with Gasteiger partial charge in [-0.05, 0) is 38.0 Å². The molecule has 1 aliphatic carbocycles. The first kappa shape index (κ1) is 14.3. The number of carbonyl (C=O) groups is 2. The van der Waals surface area contributed by atoms with Crippen LogP contribution in [0.1, 0.15) is 43.0 Å². The Balaban J connectivity index is 2.09. The smallest absolute Gasteiger partial charge is 0.337 e. The first-order valence-electron chi connectivity index (χ1n) is 6.52. The monoisotopic (exact) mass is 280 g/mol. The zero-order chi connectivity index (χ0) is 14.8. The van der Waals surface area contributed by atoms with E-state index in [1.54, 1.807) is 0 Å². The number of urea groups is 1. The van der Waals surface area contributed by atoms with Gasteiger partial charge in [0.05, 0.1) is 11.3 Å². The second-order valence-electron chi connectivity index (χ2n) is 5.34. The Morgan fingerprint density at radius 2 is 1.95 bits per heavy atom. The van der Waals surface area contributed by atoms with Crippen molar-refractivity contribution in [1.82, 2.24) is 5.32 Å². The van der Waals surface area contributed by atoms with E-state index in [4.69, 9.17) is 5.11 Å². The number of amides is 2. The number of anilines is 1. The van der Waals surface area contributed by atoms with E-state index in [-0.39, 0.29) is 16.8 Å². The van der Waals surface area contributed by atoms with Crippen LogP contribution in [0.2, 0.25) is 0 Å². The maximum atomic E-state index is 13.0. The van der Waals surface area contributed by atoms with Gasteiger partial charge < -0.3 is 15.7 Å². The normalized spacial score (nSPS) is 16.7. The maximum Gasteiger partial charge on any atom is 0.337 e. The van der Waals surface area contributed by atoms with Crippen LogP contribution in [-0.4, -0.2) is 22.6 Å². The lowest BCUT2D eigenvalue weighted by Crippen LogP contribution is -2.45. The molecule has 1 aliphatic rings. The van der Waals surface area contributed by atoms with Crippen LogP contribution in [0.25, 0.3) is 0 Å². The second-order valence-corrected chi connectivity index (χ2v) is 5.34. The average molecular weight is 280 g/mol. The Kier molecular flexibility index (Phi) is 3.92. The maximum absolute atomic E-state index is 13.0. The summed E-state index contributed by atoms with van der Waals surface area (Å²) in [4.78, 5) is 22.9. The fraction of sp³-hybridized carbons (Fsp3) is 0.429. The largest absolute Gasteiger partial charge is 0.478 e. The van der Waals surface area contributed by atoms with Crippen LogP contribution in [0.5, 0.6) is 0 Å². The van der Waals surface area contributed by atoms with Gasteiger partial charge in [0.25, 0.3) is 0 Å². The Morgan fingerprint density at radius 3 is 2.55 bits per heavy atom. The predicted molar refractivity (Wildman–Crippen MR) is 72.4 cm³/mol. The van der Waals surface area contributed by atoms with Gasteiger partial charge in [0.2, 0.25) is 0 Å². The number of carbonyl (C=O) groups excluding carboxylic acids is 1. The van der Waals surface area contributed by atoms with Crippen molar-refractivity contribution in [3.63, 3.8) is 0 Å². The van der Waals surface area contributed by atoms with Crippen molar-refractivity contribution in [2.24, 2.45) is 0 Å². The Bertz CT molecular complexity index is 539. The summed E-state index contributed by atoms with van der Waals surface area (Å²) < 4.78 is 13.0. The highest BCUT2D eigenvalue weighted by atomic mass is 19.1. The molecule has 108 valence electrons. The van der Waals surface area contributed by atoms with E-state index in [1.807, 2.05) is 6.92 Å². The minimum Gasteiger partial charge on any atom is -0.478 e. The number of aromatic carboxylic acids is 1. The van der Waals surface area contributed by atoms with Crippen LogP contribution in [0.4, 0.5) is 14.9 Å². The summed E-state index contributed by atoms with van der Waals surface area (Å²) in [6, 6.07) is 2.77. The van der Waals surface area contributed by atoms with E-state index in [2.05, 4.69) is 10.6 Å². The summed E-state index contributed by atoms with van der Waals surface area (Å²) in [7, 11) is 0. The van der Waals surface area contributed by atoms with Gasteiger partial charge in [-0.2, -0.15) is 0 Å². The van der Waals surface area contributed by atoms with Gasteiger partial charge in [-0.25, -0.2) is 14.0 Å². The Morgan fingerprint density at radius 1 is 1.30 bits per heavy atom. The number of rotatable bonds is 3. The van der Waals surface area contributed by atoms with Gasteiger partial charge >= 0.3 is 12.0 Å². The molecule has 0 saturated heterocycles. The lowest BCUT2D eigenvalue weighted by atomic mass is 10.0. The highest BCUT2D eigenvalue weighted by Crippen LogP contribution is 2.29. The predicted octanol–water partition coefficient (Wildman–Crippen LogP) is 2.98. The molecule has 0 aromatic heterocycles. The SMILES string of the molecule is CC1(NC(=O)Nc2ccc(F)cc2C(=O)O)CCCC1. The molecule has 0 unspecified atom stereocenters. The van der Waals surface area contributed by atoms with Crippen molar-refractivity contribution >= 4 is 17.7 Å². The molecule has 0 heterocycles. The van der Waals surface area contributed by atoms with E-state index >= 15 is 0 Å². The highest BCUT2D eigenvalue weighted by molar-refractivity contribution is 6.00. The number of halogens is 1. The fourth-order valence-electron chi connectivity index (χ4n) is 2.51.